The van der Waals surface area contributed by atoms with Crippen LogP contribution in [0.4, 0.5) is 5.69 Å². The summed E-state index contributed by atoms with van der Waals surface area (Å²) in [6.45, 7) is -0.0565. The van der Waals surface area contributed by atoms with Crippen molar-refractivity contribution in [1.29, 1.82) is 0 Å². The molecule has 5 heteroatoms. The number of hydrogen-bond acceptors (Lipinski definition) is 2. The SMILES string of the molecule is O=C(Nc1cccc(CO)c1)c1ccc(I)c(Cl)c1. The van der Waals surface area contributed by atoms with Gasteiger partial charge < -0.3 is 10.4 Å². The predicted octanol–water partition coefficient (Wildman–Crippen LogP) is 3.69. The van der Waals surface area contributed by atoms with Gasteiger partial charge in [0.2, 0.25) is 0 Å². The minimum Gasteiger partial charge on any atom is -0.392 e. The van der Waals surface area contributed by atoms with E-state index >= 15 is 0 Å². The third-order valence-corrected chi connectivity index (χ3v) is 4.12. The monoisotopic (exact) mass is 387 g/mol. The standard InChI is InChI=1S/C14H11ClINO2/c15-12-7-10(4-5-13(12)16)14(19)17-11-3-1-2-9(6-11)8-18/h1-7,18H,8H2,(H,17,19). The first-order valence-electron chi connectivity index (χ1n) is 5.56. The third kappa shape index (κ3) is 3.68. The van der Waals surface area contributed by atoms with Gasteiger partial charge in [-0.05, 0) is 58.5 Å². The topological polar surface area (TPSA) is 49.3 Å². The molecule has 0 spiro atoms. The highest BCUT2D eigenvalue weighted by atomic mass is 127. The number of hydrogen-bond donors (Lipinski definition) is 2. The lowest BCUT2D eigenvalue weighted by Gasteiger charge is -2.07. The predicted molar refractivity (Wildman–Crippen MR) is 84.5 cm³/mol. The average Bonchev–Trinajstić information content (AvgIpc) is 2.42. The van der Waals surface area contributed by atoms with Crippen molar-refractivity contribution < 1.29 is 9.90 Å². The number of carbonyl (C=O) groups is 1. The Morgan fingerprint density at radius 3 is 2.74 bits per heavy atom. The van der Waals surface area contributed by atoms with E-state index in [9.17, 15) is 4.79 Å². The number of carbonyl (C=O) groups excluding carboxylic acids is 1. The largest absolute Gasteiger partial charge is 0.392 e. The maximum absolute atomic E-state index is 12.0. The summed E-state index contributed by atoms with van der Waals surface area (Å²) in [5, 5.41) is 12.4. The van der Waals surface area contributed by atoms with Crippen molar-refractivity contribution in [3.63, 3.8) is 0 Å². The number of amides is 1. The van der Waals surface area contributed by atoms with Gasteiger partial charge in [0, 0.05) is 14.8 Å². The summed E-state index contributed by atoms with van der Waals surface area (Å²) in [5.41, 5.74) is 1.89. The minimum absolute atomic E-state index is 0.0565. The van der Waals surface area contributed by atoms with E-state index in [0.717, 1.165) is 9.13 Å². The first kappa shape index (κ1) is 14.3. The first-order valence-corrected chi connectivity index (χ1v) is 7.02. The van der Waals surface area contributed by atoms with Gasteiger partial charge in [0.15, 0.2) is 0 Å². The van der Waals surface area contributed by atoms with Crippen LogP contribution in [0.3, 0.4) is 0 Å². The molecule has 0 aliphatic rings. The maximum atomic E-state index is 12.0. The second kappa shape index (κ2) is 6.36. The van der Waals surface area contributed by atoms with Crippen LogP contribution in [0.5, 0.6) is 0 Å². The maximum Gasteiger partial charge on any atom is 0.255 e. The molecule has 0 fully saturated rings. The Hall–Kier alpha value is -1.11. The second-order valence-electron chi connectivity index (χ2n) is 3.94. The first-order chi connectivity index (χ1) is 9.10. The molecule has 0 aromatic heterocycles. The lowest BCUT2D eigenvalue weighted by molar-refractivity contribution is 0.102. The molecule has 19 heavy (non-hydrogen) atoms. The van der Waals surface area contributed by atoms with E-state index in [0.29, 0.717) is 16.3 Å². The molecule has 0 saturated carbocycles. The van der Waals surface area contributed by atoms with Crippen molar-refractivity contribution in [1.82, 2.24) is 0 Å². The Bertz CT molecular complexity index is 616. The van der Waals surface area contributed by atoms with E-state index in [2.05, 4.69) is 27.9 Å². The molecule has 0 bridgehead atoms. The molecular formula is C14H11ClINO2. The van der Waals surface area contributed by atoms with Crippen molar-refractivity contribution in [2.75, 3.05) is 5.32 Å². The van der Waals surface area contributed by atoms with Crippen LogP contribution in [0.25, 0.3) is 0 Å². The number of benzene rings is 2. The molecule has 2 aromatic rings. The van der Waals surface area contributed by atoms with Crippen LogP contribution in [-0.4, -0.2) is 11.0 Å². The number of aliphatic hydroxyl groups excluding tert-OH is 1. The molecular weight excluding hydrogens is 377 g/mol. The fourth-order valence-electron chi connectivity index (χ4n) is 1.59. The zero-order chi connectivity index (χ0) is 13.8. The lowest BCUT2D eigenvalue weighted by Crippen LogP contribution is -2.12. The number of rotatable bonds is 3. The quantitative estimate of drug-likeness (QED) is 0.789. The molecule has 98 valence electrons. The molecule has 3 nitrogen and oxygen atoms in total. The number of nitrogens with one attached hydrogen (secondary N) is 1. The fourth-order valence-corrected chi connectivity index (χ4v) is 2.10. The van der Waals surface area contributed by atoms with Gasteiger partial charge in [-0.3, -0.25) is 4.79 Å². The molecule has 0 saturated heterocycles. The van der Waals surface area contributed by atoms with Crippen LogP contribution in [0.1, 0.15) is 15.9 Å². The summed E-state index contributed by atoms with van der Waals surface area (Å²) in [6.07, 6.45) is 0. The van der Waals surface area contributed by atoms with Gasteiger partial charge in [-0.25, -0.2) is 0 Å². The molecule has 1 amide bonds. The fraction of sp³-hybridized carbons (Fsp3) is 0.0714. The smallest absolute Gasteiger partial charge is 0.255 e. The Morgan fingerprint density at radius 2 is 2.05 bits per heavy atom. The summed E-state index contributed by atoms with van der Waals surface area (Å²) in [4.78, 5) is 12.0. The van der Waals surface area contributed by atoms with Crippen LogP contribution in [0.15, 0.2) is 42.5 Å². The van der Waals surface area contributed by atoms with E-state index in [1.54, 1.807) is 42.5 Å². The van der Waals surface area contributed by atoms with E-state index in [-0.39, 0.29) is 12.5 Å². The summed E-state index contributed by atoms with van der Waals surface area (Å²) in [6, 6.07) is 12.2. The van der Waals surface area contributed by atoms with Crippen LogP contribution in [-0.2, 0) is 6.61 Å². The van der Waals surface area contributed by atoms with Gasteiger partial charge in [-0.1, -0.05) is 23.7 Å². The van der Waals surface area contributed by atoms with Gasteiger partial charge in [-0.2, -0.15) is 0 Å². The van der Waals surface area contributed by atoms with Gasteiger partial charge in [-0.15, -0.1) is 0 Å². The molecule has 2 aromatic carbocycles. The number of halogens is 2. The highest BCUT2D eigenvalue weighted by Gasteiger charge is 2.08. The van der Waals surface area contributed by atoms with Crippen molar-refractivity contribution >= 4 is 45.8 Å². The van der Waals surface area contributed by atoms with Crippen molar-refractivity contribution in [3.05, 3.63) is 62.2 Å². The summed E-state index contributed by atoms with van der Waals surface area (Å²) < 4.78 is 0.901. The highest BCUT2D eigenvalue weighted by molar-refractivity contribution is 14.1. The van der Waals surface area contributed by atoms with E-state index < -0.39 is 0 Å². The zero-order valence-electron chi connectivity index (χ0n) is 9.86. The molecule has 2 rings (SSSR count). The van der Waals surface area contributed by atoms with Gasteiger partial charge in [0.1, 0.15) is 0 Å². The molecule has 0 radical (unpaired) electrons. The summed E-state index contributed by atoms with van der Waals surface area (Å²) in [7, 11) is 0. The lowest BCUT2D eigenvalue weighted by atomic mass is 10.2. The normalized spacial score (nSPS) is 10.3. The molecule has 0 atom stereocenters. The molecule has 0 aliphatic heterocycles. The van der Waals surface area contributed by atoms with Crippen LogP contribution >= 0.6 is 34.2 Å². The van der Waals surface area contributed by atoms with Crippen molar-refractivity contribution in [2.24, 2.45) is 0 Å². The Morgan fingerprint density at radius 1 is 1.26 bits per heavy atom. The highest BCUT2D eigenvalue weighted by Crippen LogP contribution is 2.20. The summed E-state index contributed by atoms with van der Waals surface area (Å²) >= 11 is 8.09. The number of anilines is 1. The Balaban J connectivity index is 2.18. The molecule has 0 heterocycles. The van der Waals surface area contributed by atoms with E-state index in [1.807, 2.05) is 0 Å². The molecule has 0 aliphatic carbocycles. The molecule has 0 unspecified atom stereocenters. The van der Waals surface area contributed by atoms with E-state index in [1.165, 1.54) is 0 Å². The van der Waals surface area contributed by atoms with Crippen LogP contribution in [0, 0.1) is 3.57 Å². The second-order valence-corrected chi connectivity index (χ2v) is 5.51. The minimum atomic E-state index is -0.228. The molecule has 2 N–H and O–H groups in total. The van der Waals surface area contributed by atoms with Crippen molar-refractivity contribution in [3.8, 4) is 0 Å². The van der Waals surface area contributed by atoms with Crippen LogP contribution in [0.2, 0.25) is 5.02 Å². The van der Waals surface area contributed by atoms with Gasteiger partial charge >= 0.3 is 0 Å². The summed E-state index contributed by atoms with van der Waals surface area (Å²) in [5.74, 6) is -0.228. The average molecular weight is 388 g/mol. The van der Waals surface area contributed by atoms with Gasteiger partial charge in [0.05, 0.1) is 11.6 Å². The van der Waals surface area contributed by atoms with E-state index in [4.69, 9.17) is 16.7 Å². The van der Waals surface area contributed by atoms with Crippen molar-refractivity contribution in [2.45, 2.75) is 6.61 Å². The van der Waals surface area contributed by atoms with Gasteiger partial charge in [0.25, 0.3) is 5.91 Å². The third-order valence-electron chi connectivity index (χ3n) is 2.55. The number of aliphatic hydroxyl groups is 1. The zero-order valence-corrected chi connectivity index (χ0v) is 12.8. The Kier molecular flexibility index (Phi) is 4.79. The van der Waals surface area contributed by atoms with Crippen LogP contribution < -0.4 is 5.32 Å². The Labute approximate surface area is 129 Å².